The third-order valence-electron chi connectivity index (χ3n) is 2.85. The smallest absolute Gasteiger partial charge is 0.185 e. The summed E-state index contributed by atoms with van der Waals surface area (Å²) in [6.07, 6.45) is 1.08. The van der Waals surface area contributed by atoms with Crippen molar-refractivity contribution in [3.05, 3.63) is 29.8 Å². The lowest BCUT2D eigenvalue weighted by Crippen LogP contribution is -2.31. The zero-order valence-corrected chi connectivity index (χ0v) is 10.6. The van der Waals surface area contributed by atoms with Crippen molar-refractivity contribution in [2.75, 3.05) is 19.6 Å². The Morgan fingerprint density at radius 3 is 2.53 bits per heavy atom. The van der Waals surface area contributed by atoms with Gasteiger partial charge in [-0.2, -0.15) is 0 Å². The third-order valence-corrected chi connectivity index (χ3v) is 2.85. The summed E-state index contributed by atoms with van der Waals surface area (Å²) >= 11 is 0. The van der Waals surface area contributed by atoms with Crippen molar-refractivity contribution in [2.45, 2.75) is 20.8 Å². The van der Waals surface area contributed by atoms with E-state index in [9.17, 15) is 9.18 Å². The Bertz CT molecular complexity index is 360. The highest BCUT2D eigenvalue weighted by Gasteiger charge is 2.18. The van der Waals surface area contributed by atoms with Gasteiger partial charge in [0.25, 0.3) is 0 Å². The fraction of sp³-hybridized carbons (Fsp3) is 0.538. The van der Waals surface area contributed by atoms with Crippen LogP contribution in [0.4, 0.5) is 4.39 Å². The van der Waals surface area contributed by atoms with Crippen molar-refractivity contribution < 1.29 is 9.18 Å². The first kappa shape index (κ1) is 13.8. The maximum atomic E-state index is 12.7. The van der Waals surface area contributed by atoms with E-state index < -0.39 is 5.82 Å². The van der Waals surface area contributed by atoms with Gasteiger partial charge in [-0.1, -0.05) is 20.8 Å². The van der Waals surface area contributed by atoms with Gasteiger partial charge < -0.3 is 4.90 Å². The molecule has 4 heteroatoms. The maximum Gasteiger partial charge on any atom is 0.185 e. The SMILES string of the molecule is CCN(CC)CC(C)C(=O)c1ccc(F)cn1. The quantitative estimate of drug-likeness (QED) is 0.713. The van der Waals surface area contributed by atoms with Crippen LogP contribution < -0.4 is 0 Å². The molecule has 0 saturated carbocycles. The second-order valence-electron chi connectivity index (χ2n) is 4.11. The summed E-state index contributed by atoms with van der Waals surface area (Å²) in [7, 11) is 0. The number of carbonyl (C=O) groups is 1. The van der Waals surface area contributed by atoms with Gasteiger partial charge in [0.15, 0.2) is 5.78 Å². The van der Waals surface area contributed by atoms with Crippen LogP contribution in [0.1, 0.15) is 31.3 Å². The number of hydrogen-bond acceptors (Lipinski definition) is 3. The van der Waals surface area contributed by atoms with Crippen molar-refractivity contribution in [3.8, 4) is 0 Å². The van der Waals surface area contributed by atoms with Crippen LogP contribution in [0.5, 0.6) is 0 Å². The molecule has 0 aliphatic carbocycles. The highest BCUT2D eigenvalue weighted by atomic mass is 19.1. The summed E-state index contributed by atoms with van der Waals surface area (Å²) in [6.45, 7) is 8.57. The number of halogens is 1. The van der Waals surface area contributed by atoms with Gasteiger partial charge in [0.05, 0.1) is 6.20 Å². The predicted molar refractivity (Wildman–Crippen MR) is 65.5 cm³/mol. The van der Waals surface area contributed by atoms with E-state index in [2.05, 4.69) is 23.7 Å². The lowest BCUT2D eigenvalue weighted by atomic mass is 10.0. The molecule has 1 atom stereocenters. The zero-order chi connectivity index (χ0) is 12.8. The van der Waals surface area contributed by atoms with Crippen LogP contribution >= 0.6 is 0 Å². The third kappa shape index (κ3) is 3.89. The first-order chi connectivity index (χ1) is 8.08. The zero-order valence-electron chi connectivity index (χ0n) is 10.6. The maximum absolute atomic E-state index is 12.7. The Morgan fingerprint density at radius 2 is 2.06 bits per heavy atom. The number of aromatic nitrogens is 1. The van der Waals surface area contributed by atoms with Crippen molar-refractivity contribution in [1.82, 2.24) is 9.88 Å². The minimum atomic E-state index is -0.419. The fourth-order valence-electron chi connectivity index (χ4n) is 1.73. The number of ketones is 1. The van der Waals surface area contributed by atoms with E-state index >= 15 is 0 Å². The molecule has 0 aliphatic heterocycles. The molecule has 1 aromatic heterocycles. The van der Waals surface area contributed by atoms with Crippen LogP contribution in [0.25, 0.3) is 0 Å². The summed E-state index contributed by atoms with van der Waals surface area (Å²) in [5.41, 5.74) is 0.339. The van der Waals surface area contributed by atoms with Crippen molar-refractivity contribution in [2.24, 2.45) is 5.92 Å². The van der Waals surface area contributed by atoms with Crippen molar-refractivity contribution in [1.29, 1.82) is 0 Å². The Hall–Kier alpha value is -1.29. The Kier molecular flexibility index (Phi) is 5.22. The number of carbonyl (C=O) groups excluding carboxylic acids is 1. The van der Waals surface area contributed by atoms with Gasteiger partial charge >= 0.3 is 0 Å². The summed E-state index contributed by atoms with van der Waals surface area (Å²) in [5, 5.41) is 0. The van der Waals surface area contributed by atoms with E-state index in [-0.39, 0.29) is 11.7 Å². The van der Waals surface area contributed by atoms with Crippen LogP contribution in [0, 0.1) is 11.7 Å². The van der Waals surface area contributed by atoms with E-state index in [1.54, 1.807) is 0 Å². The number of Topliss-reactive ketones (excluding diaryl/α,β-unsaturated/α-hetero) is 1. The molecule has 0 radical (unpaired) electrons. The molecule has 0 aliphatic rings. The first-order valence-corrected chi connectivity index (χ1v) is 5.96. The van der Waals surface area contributed by atoms with E-state index in [1.165, 1.54) is 12.1 Å². The van der Waals surface area contributed by atoms with E-state index in [4.69, 9.17) is 0 Å². The van der Waals surface area contributed by atoms with Gasteiger partial charge in [0, 0.05) is 12.5 Å². The van der Waals surface area contributed by atoms with Crippen molar-refractivity contribution >= 4 is 5.78 Å². The average Bonchev–Trinajstić information content (AvgIpc) is 2.35. The van der Waals surface area contributed by atoms with Gasteiger partial charge in [-0.25, -0.2) is 4.39 Å². The fourth-order valence-corrected chi connectivity index (χ4v) is 1.73. The monoisotopic (exact) mass is 238 g/mol. The highest BCUT2D eigenvalue weighted by Crippen LogP contribution is 2.09. The molecule has 0 aromatic carbocycles. The predicted octanol–water partition coefficient (Wildman–Crippen LogP) is 2.38. The lowest BCUT2D eigenvalue weighted by Gasteiger charge is -2.21. The molecule has 17 heavy (non-hydrogen) atoms. The number of hydrogen-bond donors (Lipinski definition) is 0. The molecule has 1 aromatic rings. The average molecular weight is 238 g/mol. The second kappa shape index (κ2) is 6.45. The number of nitrogens with zero attached hydrogens (tertiary/aromatic N) is 2. The van der Waals surface area contributed by atoms with Gasteiger partial charge in [-0.05, 0) is 25.2 Å². The largest absolute Gasteiger partial charge is 0.303 e. The molecule has 0 saturated heterocycles. The van der Waals surface area contributed by atoms with Crippen LogP contribution in [-0.2, 0) is 0 Å². The van der Waals surface area contributed by atoms with Crippen LogP contribution in [0.15, 0.2) is 18.3 Å². The minimum absolute atomic E-state index is 0.0306. The summed E-state index contributed by atoms with van der Waals surface area (Å²) in [5.74, 6) is -0.567. The summed E-state index contributed by atoms with van der Waals surface area (Å²) in [6, 6.07) is 2.71. The molecule has 0 fully saturated rings. The number of pyridine rings is 1. The molecule has 1 heterocycles. The molecule has 1 unspecified atom stereocenters. The molecule has 94 valence electrons. The van der Waals surface area contributed by atoms with Gasteiger partial charge in [0.2, 0.25) is 0 Å². The molecular weight excluding hydrogens is 219 g/mol. The van der Waals surface area contributed by atoms with Crippen LogP contribution in [0.3, 0.4) is 0 Å². The van der Waals surface area contributed by atoms with E-state index in [0.717, 1.165) is 19.3 Å². The Morgan fingerprint density at radius 1 is 1.41 bits per heavy atom. The van der Waals surface area contributed by atoms with Gasteiger partial charge in [-0.3, -0.25) is 9.78 Å². The summed E-state index contributed by atoms with van der Waals surface area (Å²) in [4.78, 5) is 18.0. The second-order valence-corrected chi connectivity index (χ2v) is 4.11. The lowest BCUT2D eigenvalue weighted by molar-refractivity contribution is 0.0893. The number of rotatable bonds is 6. The van der Waals surface area contributed by atoms with Gasteiger partial charge in [-0.15, -0.1) is 0 Å². The molecular formula is C13H19FN2O. The molecule has 0 bridgehead atoms. The van der Waals surface area contributed by atoms with Crippen LogP contribution in [0.2, 0.25) is 0 Å². The molecule has 0 spiro atoms. The van der Waals surface area contributed by atoms with E-state index in [1.807, 2.05) is 6.92 Å². The minimum Gasteiger partial charge on any atom is -0.303 e. The standard InChI is InChI=1S/C13H19FN2O/c1-4-16(5-2)9-10(3)13(17)12-7-6-11(14)8-15-12/h6-8,10H,4-5,9H2,1-3H3. The molecule has 3 nitrogen and oxygen atoms in total. The topological polar surface area (TPSA) is 33.2 Å². The van der Waals surface area contributed by atoms with E-state index in [0.29, 0.717) is 12.2 Å². The molecule has 0 N–H and O–H groups in total. The highest BCUT2D eigenvalue weighted by molar-refractivity contribution is 5.95. The molecule has 0 amide bonds. The summed E-state index contributed by atoms with van der Waals surface area (Å²) < 4.78 is 12.7. The molecule has 1 rings (SSSR count). The Balaban J connectivity index is 2.66. The Labute approximate surface area is 102 Å². The van der Waals surface area contributed by atoms with Crippen molar-refractivity contribution in [3.63, 3.8) is 0 Å². The normalized spacial score (nSPS) is 12.8. The first-order valence-electron chi connectivity index (χ1n) is 5.96. The van der Waals surface area contributed by atoms with Gasteiger partial charge in [0.1, 0.15) is 11.5 Å². The van der Waals surface area contributed by atoms with Crippen LogP contribution in [-0.4, -0.2) is 35.3 Å².